The zero-order valence-corrected chi connectivity index (χ0v) is 9.90. The van der Waals surface area contributed by atoms with E-state index in [-0.39, 0.29) is 0 Å². The lowest BCUT2D eigenvalue weighted by molar-refractivity contribution is -0.195. The van der Waals surface area contributed by atoms with Crippen LogP contribution in [0, 0.1) is 5.92 Å². The molecule has 1 fully saturated rings. The molecule has 0 aromatic heterocycles. The minimum absolute atomic E-state index is 0.474. The van der Waals surface area contributed by atoms with E-state index in [9.17, 15) is 18.1 Å². The monoisotopic (exact) mass is 256 g/mol. The summed E-state index contributed by atoms with van der Waals surface area (Å²) in [6.07, 6.45) is 1.93. The first-order chi connectivity index (χ1) is 7.47. The first-order valence-electron chi connectivity index (χ1n) is 5.47. The van der Waals surface area contributed by atoms with Crippen LogP contribution in [0.4, 0.5) is 13.2 Å². The van der Waals surface area contributed by atoms with Crippen molar-refractivity contribution in [2.45, 2.75) is 44.7 Å². The molecule has 94 valence electrons. The molecule has 1 aliphatic carbocycles. The normalized spacial score (nSPS) is 20.1. The fraction of sp³-hybridized carbons (Fsp3) is 0.900. The molecular formula is C10H16F3O2P. The lowest BCUT2D eigenvalue weighted by Crippen LogP contribution is -2.16. The van der Waals surface area contributed by atoms with Crippen LogP contribution in [-0.2, 0) is 4.52 Å². The number of alkyl halides is 3. The summed E-state index contributed by atoms with van der Waals surface area (Å²) < 4.78 is 39.5. The van der Waals surface area contributed by atoms with E-state index in [1.807, 2.05) is 0 Å². The maximum atomic E-state index is 11.7. The highest BCUT2D eigenvalue weighted by Gasteiger charge is 2.30. The molecule has 0 spiro atoms. The van der Waals surface area contributed by atoms with Crippen molar-refractivity contribution in [1.82, 2.24) is 0 Å². The van der Waals surface area contributed by atoms with Gasteiger partial charge in [-0.25, -0.2) is 0 Å². The van der Waals surface area contributed by atoms with Crippen LogP contribution >= 0.6 is 8.00 Å². The smallest absolute Gasteiger partial charge is 0.416 e. The van der Waals surface area contributed by atoms with Gasteiger partial charge in [0, 0.05) is 6.42 Å². The summed E-state index contributed by atoms with van der Waals surface area (Å²) in [5.41, 5.74) is 0. The molecule has 1 saturated carbocycles. The second-order valence-electron chi connectivity index (χ2n) is 4.10. The lowest BCUT2D eigenvalue weighted by Gasteiger charge is -2.18. The first kappa shape index (κ1) is 13.9. The van der Waals surface area contributed by atoms with Crippen LogP contribution in [-0.4, -0.2) is 18.6 Å². The zero-order valence-electron chi connectivity index (χ0n) is 9.00. The average Bonchev–Trinajstić information content (AvgIpc) is 2.24. The molecule has 1 atom stereocenters. The highest BCUT2D eigenvalue weighted by Crippen LogP contribution is 2.28. The van der Waals surface area contributed by atoms with Gasteiger partial charge in [0.2, 0.25) is 8.00 Å². The van der Waals surface area contributed by atoms with E-state index in [0.717, 1.165) is 12.8 Å². The number of hydrogen-bond donors (Lipinski definition) is 0. The standard InChI is InChI=1S/C10H16F3O2P/c11-10(12,13)8-15-16(14)7-6-9-4-2-1-3-5-9/h7,9H,1-6,8H2. The molecule has 16 heavy (non-hydrogen) atoms. The van der Waals surface area contributed by atoms with Crippen molar-refractivity contribution >= 4 is 13.8 Å². The summed E-state index contributed by atoms with van der Waals surface area (Å²) in [6, 6.07) is 0. The average molecular weight is 256 g/mol. The van der Waals surface area contributed by atoms with Gasteiger partial charge >= 0.3 is 6.18 Å². The fourth-order valence-corrected chi connectivity index (χ4v) is 2.70. The molecule has 1 unspecified atom stereocenters. The molecule has 0 aromatic carbocycles. The van der Waals surface area contributed by atoms with Crippen molar-refractivity contribution in [2.24, 2.45) is 5.92 Å². The molecule has 0 amide bonds. The summed E-state index contributed by atoms with van der Waals surface area (Å²) in [4.78, 5) is 11.1. The van der Waals surface area contributed by atoms with Gasteiger partial charge < -0.3 is 4.89 Å². The van der Waals surface area contributed by atoms with Crippen LogP contribution in [0.2, 0.25) is 0 Å². The van der Waals surface area contributed by atoms with Crippen LogP contribution in [0.5, 0.6) is 0 Å². The van der Waals surface area contributed by atoms with Crippen molar-refractivity contribution in [1.29, 1.82) is 0 Å². The molecule has 0 saturated heterocycles. The summed E-state index contributed by atoms with van der Waals surface area (Å²) in [7, 11) is -2.26. The Morgan fingerprint density at radius 3 is 2.44 bits per heavy atom. The largest absolute Gasteiger partial charge is 0.603 e. The Morgan fingerprint density at radius 2 is 1.88 bits per heavy atom. The van der Waals surface area contributed by atoms with Gasteiger partial charge in [0.15, 0.2) is 6.61 Å². The molecule has 1 rings (SSSR count). The quantitative estimate of drug-likeness (QED) is 0.724. The summed E-state index contributed by atoms with van der Waals surface area (Å²) >= 11 is 0. The van der Waals surface area contributed by atoms with E-state index in [1.165, 1.54) is 25.1 Å². The third kappa shape index (κ3) is 6.46. The van der Waals surface area contributed by atoms with Crippen LogP contribution < -0.4 is 4.89 Å². The molecular weight excluding hydrogens is 240 g/mol. The van der Waals surface area contributed by atoms with Crippen molar-refractivity contribution in [3.05, 3.63) is 0 Å². The molecule has 0 bridgehead atoms. The van der Waals surface area contributed by atoms with Gasteiger partial charge in [0.1, 0.15) is 5.80 Å². The van der Waals surface area contributed by atoms with Gasteiger partial charge in [0.25, 0.3) is 0 Å². The Hall–Kier alpha value is -0.120. The SMILES string of the molecule is [O-][P+](=CCC1CCCCC1)OCC(F)(F)F. The number of halogens is 3. The Balaban J connectivity index is 2.22. The van der Waals surface area contributed by atoms with Crippen molar-refractivity contribution in [3.8, 4) is 0 Å². The molecule has 1 aliphatic rings. The summed E-state index contributed by atoms with van der Waals surface area (Å²) in [5.74, 6) is 1.86. The summed E-state index contributed by atoms with van der Waals surface area (Å²) in [6.45, 7) is -1.43. The predicted octanol–water partition coefficient (Wildman–Crippen LogP) is 3.01. The van der Waals surface area contributed by atoms with Crippen LogP contribution in [0.3, 0.4) is 0 Å². The Kier molecular flexibility index (Phi) is 5.73. The van der Waals surface area contributed by atoms with Crippen molar-refractivity contribution in [3.63, 3.8) is 0 Å². The predicted molar refractivity (Wildman–Crippen MR) is 56.2 cm³/mol. The maximum Gasteiger partial charge on any atom is 0.416 e. The second kappa shape index (κ2) is 6.58. The highest BCUT2D eigenvalue weighted by molar-refractivity contribution is 7.44. The second-order valence-corrected chi connectivity index (χ2v) is 5.29. The lowest BCUT2D eigenvalue weighted by atomic mass is 9.88. The van der Waals surface area contributed by atoms with E-state index < -0.39 is 20.8 Å². The highest BCUT2D eigenvalue weighted by atomic mass is 31.1. The van der Waals surface area contributed by atoms with Gasteiger partial charge in [-0.05, 0) is 5.92 Å². The van der Waals surface area contributed by atoms with Gasteiger partial charge in [-0.15, -0.1) is 0 Å². The molecule has 0 aromatic rings. The molecule has 0 N–H and O–H groups in total. The third-order valence-electron chi connectivity index (χ3n) is 2.67. The minimum Gasteiger partial charge on any atom is -0.603 e. The van der Waals surface area contributed by atoms with Crippen molar-refractivity contribution in [2.75, 3.05) is 6.61 Å². The third-order valence-corrected chi connectivity index (χ3v) is 3.56. The van der Waals surface area contributed by atoms with Gasteiger partial charge in [0.05, 0.1) is 0 Å². The number of hydrogen-bond acceptors (Lipinski definition) is 2. The molecule has 6 heteroatoms. The van der Waals surface area contributed by atoms with Gasteiger partial charge in [-0.1, -0.05) is 32.1 Å². The van der Waals surface area contributed by atoms with Crippen molar-refractivity contribution < 1.29 is 22.6 Å². The van der Waals surface area contributed by atoms with E-state index in [4.69, 9.17) is 0 Å². The topological polar surface area (TPSA) is 32.3 Å². The van der Waals surface area contributed by atoms with E-state index in [0.29, 0.717) is 12.3 Å². The Bertz CT molecular complexity index is 235. The summed E-state index contributed by atoms with van der Waals surface area (Å²) in [5, 5.41) is 0. The van der Waals surface area contributed by atoms with Crippen LogP contribution in [0.1, 0.15) is 38.5 Å². The maximum absolute atomic E-state index is 11.7. The first-order valence-corrected chi connectivity index (χ1v) is 6.71. The van der Waals surface area contributed by atoms with Gasteiger partial charge in [-0.2, -0.15) is 17.7 Å². The van der Waals surface area contributed by atoms with E-state index >= 15 is 0 Å². The van der Waals surface area contributed by atoms with E-state index in [1.54, 1.807) is 0 Å². The zero-order chi connectivity index (χ0) is 12.0. The Labute approximate surface area is 94.4 Å². The fourth-order valence-electron chi connectivity index (χ4n) is 1.85. The van der Waals surface area contributed by atoms with E-state index in [2.05, 4.69) is 4.52 Å². The molecule has 2 nitrogen and oxygen atoms in total. The Morgan fingerprint density at radius 1 is 1.25 bits per heavy atom. The van der Waals surface area contributed by atoms with Crippen LogP contribution in [0.25, 0.3) is 0 Å². The molecule has 0 heterocycles. The number of rotatable bonds is 4. The van der Waals surface area contributed by atoms with Crippen LogP contribution in [0.15, 0.2) is 0 Å². The molecule has 0 radical (unpaired) electrons. The molecule has 0 aliphatic heterocycles. The van der Waals surface area contributed by atoms with Gasteiger partial charge in [-0.3, -0.25) is 0 Å². The minimum atomic E-state index is -4.40.